The molecule has 0 aliphatic carbocycles. The average molecular weight is 295 g/mol. The molecule has 0 aliphatic rings. The second-order valence-electron chi connectivity index (χ2n) is 6.38. The molecular weight excluding hydrogens is 278 g/mol. The number of hydrogen-bond acceptors (Lipinski definition) is 0. The summed E-state index contributed by atoms with van der Waals surface area (Å²) in [7, 11) is 0. The van der Waals surface area contributed by atoms with Crippen LogP contribution in [0.3, 0.4) is 0 Å². The summed E-state index contributed by atoms with van der Waals surface area (Å²) in [5.74, 6) is 0. The van der Waals surface area contributed by atoms with Crippen molar-refractivity contribution in [3.05, 3.63) is 71.8 Å². The summed E-state index contributed by atoms with van der Waals surface area (Å²) in [6.45, 7) is 4.48. The van der Waals surface area contributed by atoms with Crippen molar-refractivity contribution in [1.82, 2.24) is 4.98 Å². The van der Waals surface area contributed by atoms with Crippen molar-refractivity contribution in [2.24, 2.45) is 0 Å². The monoisotopic (exact) mass is 295 g/mol. The van der Waals surface area contributed by atoms with Crippen molar-refractivity contribution in [3.8, 4) is 0 Å². The Hall–Kier alpha value is -2.80. The van der Waals surface area contributed by atoms with E-state index in [4.69, 9.17) is 0 Å². The molecule has 0 saturated heterocycles. The van der Waals surface area contributed by atoms with Gasteiger partial charge in [0.15, 0.2) is 0 Å². The maximum Gasteiger partial charge on any atom is 0.0547 e. The van der Waals surface area contributed by atoms with Crippen molar-refractivity contribution >= 4 is 43.4 Å². The minimum atomic E-state index is 1.21. The molecule has 1 N–H and O–H groups in total. The van der Waals surface area contributed by atoms with Gasteiger partial charge in [-0.2, -0.15) is 0 Å². The Morgan fingerprint density at radius 3 is 1.96 bits per heavy atom. The lowest BCUT2D eigenvalue weighted by Gasteiger charge is -2.12. The molecule has 0 fully saturated rings. The van der Waals surface area contributed by atoms with E-state index in [9.17, 15) is 0 Å². The molecule has 5 aromatic rings. The molecule has 110 valence electrons. The zero-order chi connectivity index (χ0) is 15.6. The number of aryl methyl sites for hydroxylation is 2. The second-order valence-corrected chi connectivity index (χ2v) is 6.38. The van der Waals surface area contributed by atoms with E-state index in [1.165, 1.54) is 54.5 Å². The molecular formula is C22H17N. The summed E-state index contributed by atoms with van der Waals surface area (Å²) in [4.78, 5) is 3.65. The van der Waals surface area contributed by atoms with Gasteiger partial charge in [0.2, 0.25) is 0 Å². The largest absolute Gasteiger partial charge is 0.354 e. The van der Waals surface area contributed by atoms with Gasteiger partial charge in [-0.25, -0.2) is 0 Å². The highest BCUT2D eigenvalue weighted by Crippen LogP contribution is 2.38. The van der Waals surface area contributed by atoms with Crippen molar-refractivity contribution in [1.29, 1.82) is 0 Å². The molecule has 23 heavy (non-hydrogen) atoms. The van der Waals surface area contributed by atoms with Crippen LogP contribution in [0.2, 0.25) is 0 Å². The molecule has 1 aromatic heterocycles. The predicted molar refractivity (Wildman–Crippen MR) is 100 cm³/mol. The predicted octanol–water partition coefficient (Wildman–Crippen LogP) is 6.24. The second kappa shape index (κ2) is 4.36. The summed E-state index contributed by atoms with van der Waals surface area (Å²) in [6.07, 6.45) is 0. The zero-order valence-electron chi connectivity index (χ0n) is 13.3. The van der Waals surface area contributed by atoms with Crippen LogP contribution in [0.5, 0.6) is 0 Å². The summed E-state index contributed by atoms with van der Waals surface area (Å²) >= 11 is 0. The molecule has 0 aliphatic heterocycles. The lowest BCUT2D eigenvalue weighted by Crippen LogP contribution is -1.89. The Bertz CT molecular complexity index is 1220. The van der Waals surface area contributed by atoms with Gasteiger partial charge < -0.3 is 4.98 Å². The minimum Gasteiger partial charge on any atom is -0.354 e. The van der Waals surface area contributed by atoms with Gasteiger partial charge in [0.05, 0.1) is 5.52 Å². The van der Waals surface area contributed by atoms with Crippen LogP contribution in [0.1, 0.15) is 11.1 Å². The van der Waals surface area contributed by atoms with Crippen LogP contribution in [0.15, 0.2) is 60.7 Å². The first-order valence-corrected chi connectivity index (χ1v) is 8.07. The number of para-hydroxylation sites is 1. The number of benzene rings is 4. The number of fused-ring (bicyclic) bond motifs is 6. The molecule has 0 radical (unpaired) electrons. The average Bonchev–Trinajstić information content (AvgIpc) is 2.98. The van der Waals surface area contributed by atoms with Crippen LogP contribution in [0, 0.1) is 13.8 Å². The van der Waals surface area contributed by atoms with E-state index in [1.54, 1.807) is 0 Å². The van der Waals surface area contributed by atoms with Gasteiger partial charge in [-0.05, 0) is 47.2 Å². The molecule has 0 amide bonds. The highest BCUT2D eigenvalue weighted by Gasteiger charge is 2.13. The van der Waals surface area contributed by atoms with Crippen molar-refractivity contribution in [2.75, 3.05) is 0 Å². The SMILES string of the molecule is Cc1c2ccccc2c(C)c2c1ccc1c3ccccc3[nH]c12. The third-order valence-electron chi connectivity index (χ3n) is 5.20. The van der Waals surface area contributed by atoms with Crippen LogP contribution >= 0.6 is 0 Å². The van der Waals surface area contributed by atoms with Crippen molar-refractivity contribution < 1.29 is 0 Å². The number of rotatable bonds is 0. The fourth-order valence-corrected chi connectivity index (χ4v) is 4.04. The standard InChI is InChI=1S/C22H17N/c1-13-15-7-3-4-8-16(15)14(2)21-17(13)11-12-19-18-9-5-6-10-20(18)23-22(19)21/h3-12,23H,1-2H3. The molecule has 0 bridgehead atoms. The molecule has 1 heteroatoms. The third kappa shape index (κ3) is 1.57. The molecule has 0 saturated carbocycles. The number of H-pyrrole nitrogens is 1. The van der Waals surface area contributed by atoms with Gasteiger partial charge in [-0.15, -0.1) is 0 Å². The Balaban J connectivity index is 2.13. The Morgan fingerprint density at radius 1 is 0.565 bits per heavy atom. The molecule has 1 nitrogen and oxygen atoms in total. The summed E-state index contributed by atoms with van der Waals surface area (Å²) in [5, 5.41) is 8.02. The fourth-order valence-electron chi connectivity index (χ4n) is 4.04. The van der Waals surface area contributed by atoms with Crippen LogP contribution in [0.4, 0.5) is 0 Å². The van der Waals surface area contributed by atoms with Crippen LogP contribution in [0.25, 0.3) is 43.4 Å². The number of hydrogen-bond donors (Lipinski definition) is 1. The maximum atomic E-state index is 3.65. The van der Waals surface area contributed by atoms with Gasteiger partial charge in [0, 0.05) is 21.7 Å². The Kier molecular flexibility index (Phi) is 2.41. The van der Waals surface area contributed by atoms with Gasteiger partial charge >= 0.3 is 0 Å². The van der Waals surface area contributed by atoms with Gasteiger partial charge in [0.25, 0.3) is 0 Å². The highest BCUT2D eigenvalue weighted by molar-refractivity contribution is 6.21. The topological polar surface area (TPSA) is 15.8 Å². The zero-order valence-corrected chi connectivity index (χ0v) is 13.3. The minimum absolute atomic E-state index is 1.21. The number of nitrogens with one attached hydrogen (secondary N) is 1. The lowest BCUT2D eigenvalue weighted by molar-refractivity contribution is 1.51. The van der Waals surface area contributed by atoms with E-state index in [-0.39, 0.29) is 0 Å². The molecule has 0 unspecified atom stereocenters. The number of aromatic nitrogens is 1. The van der Waals surface area contributed by atoms with Gasteiger partial charge in [-0.3, -0.25) is 0 Å². The molecule has 1 heterocycles. The lowest BCUT2D eigenvalue weighted by atomic mass is 9.92. The van der Waals surface area contributed by atoms with E-state index in [0.29, 0.717) is 0 Å². The fraction of sp³-hybridized carbons (Fsp3) is 0.0909. The first kappa shape index (κ1) is 12.7. The Labute approximate surface area is 134 Å². The smallest absolute Gasteiger partial charge is 0.0547 e. The maximum absolute atomic E-state index is 3.65. The van der Waals surface area contributed by atoms with Crippen LogP contribution in [-0.2, 0) is 0 Å². The quantitative estimate of drug-likeness (QED) is 0.325. The van der Waals surface area contributed by atoms with E-state index < -0.39 is 0 Å². The first-order valence-electron chi connectivity index (χ1n) is 8.07. The summed E-state index contributed by atoms with van der Waals surface area (Å²) in [6, 6.07) is 21.8. The highest BCUT2D eigenvalue weighted by atomic mass is 14.7. The van der Waals surface area contributed by atoms with Crippen LogP contribution < -0.4 is 0 Å². The molecule has 4 aromatic carbocycles. The Morgan fingerprint density at radius 2 is 1.17 bits per heavy atom. The van der Waals surface area contributed by atoms with Gasteiger partial charge in [-0.1, -0.05) is 54.6 Å². The number of aromatic amines is 1. The molecule has 5 rings (SSSR count). The van der Waals surface area contributed by atoms with Gasteiger partial charge in [0.1, 0.15) is 0 Å². The van der Waals surface area contributed by atoms with E-state index in [0.717, 1.165) is 0 Å². The van der Waals surface area contributed by atoms with E-state index >= 15 is 0 Å². The molecule has 0 spiro atoms. The first-order chi connectivity index (χ1) is 11.3. The molecule has 0 atom stereocenters. The van der Waals surface area contributed by atoms with Crippen molar-refractivity contribution in [3.63, 3.8) is 0 Å². The summed E-state index contributed by atoms with van der Waals surface area (Å²) < 4.78 is 0. The van der Waals surface area contributed by atoms with Crippen LogP contribution in [-0.4, -0.2) is 4.98 Å². The van der Waals surface area contributed by atoms with Crippen molar-refractivity contribution in [2.45, 2.75) is 13.8 Å². The van der Waals surface area contributed by atoms with E-state index in [2.05, 4.69) is 79.5 Å². The summed E-state index contributed by atoms with van der Waals surface area (Å²) in [5.41, 5.74) is 5.19. The normalized spacial score (nSPS) is 11.9. The third-order valence-corrected chi connectivity index (χ3v) is 5.20. The van der Waals surface area contributed by atoms with E-state index in [1.807, 2.05) is 0 Å².